The molecule has 0 unspecified atom stereocenters. The number of nitrogens with zero attached hydrogens (tertiary/aromatic N) is 4. The third-order valence-electron chi connectivity index (χ3n) is 5.15. The molecule has 0 fully saturated rings. The first kappa shape index (κ1) is 40.0. The van der Waals surface area contributed by atoms with Gasteiger partial charge in [-0.1, -0.05) is 0 Å². The van der Waals surface area contributed by atoms with Crippen molar-refractivity contribution in [1.82, 2.24) is 19.6 Å². The van der Waals surface area contributed by atoms with E-state index in [-0.39, 0.29) is 59.0 Å². The predicted molar refractivity (Wildman–Crippen MR) is 164 cm³/mol. The van der Waals surface area contributed by atoms with E-state index < -0.39 is 46.8 Å². The van der Waals surface area contributed by atoms with Crippen molar-refractivity contribution >= 4 is 24.4 Å². The van der Waals surface area contributed by atoms with Crippen molar-refractivity contribution in [3.8, 4) is 0 Å². The van der Waals surface area contributed by atoms with Crippen LogP contribution < -0.4 is 11.5 Å². The molecule has 0 bridgehead atoms. The van der Waals surface area contributed by atoms with Gasteiger partial charge in [0.15, 0.2) is 0 Å². The van der Waals surface area contributed by atoms with Crippen molar-refractivity contribution in [3.63, 3.8) is 0 Å². The van der Waals surface area contributed by atoms with Crippen LogP contribution in [0.1, 0.15) is 83.1 Å². The van der Waals surface area contributed by atoms with Gasteiger partial charge < -0.3 is 45.1 Å². The fourth-order valence-electron chi connectivity index (χ4n) is 3.33. The van der Waals surface area contributed by atoms with E-state index in [4.69, 9.17) is 30.4 Å². The largest absolute Gasteiger partial charge is 0.444 e. The first-order valence-corrected chi connectivity index (χ1v) is 14.7. The molecule has 0 aromatic rings. The van der Waals surface area contributed by atoms with E-state index in [2.05, 4.69) is 0 Å². The van der Waals surface area contributed by atoms with Crippen LogP contribution in [0.25, 0.3) is 0 Å². The van der Waals surface area contributed by atoms with Crippen LogP contribution in [0.4, 0.5) is 19.2 Å². The maximum atomic E-state index is 13.2. The van der Waals surface area contributed by atoms with Gasteiger partial charge in [-0.3, -0.25) is 4.90 Å². The molecule has 0 spiro atoms. The monoisotopic (exact) mass is 618 g/mol. The number of hydrogen-bond acceptors (Lipinski definition) is 10. The zero-order chi connectivity index (χ0) is 33.8. The van der Waals surface area contributed by atoms with E-state index in [0.717, 1.165) is 0 Å². The molecule has 0 saturated carbocycles. The van der Waals surface area contributed by atoms with Crippen molar-refractivity contribution in [3.05, 3.63) is 0 Å². The molecule has 43 heavy (non-hydrogen) atoms. The topological polar surface area (TPSA) is 170 Å². The Balaban J connectivity index is 5.93. The fourth-order valence-corrected chi connectivity index (χ4v) is 3.33. The standard InChI is InChI=1S/C29H58N6O8/c1-26(2,3)40-22(36)32(14-13-30)15-16-33(23(37)41-27(4,5)6)17-18-34(24(38)42-28(7,8)9)19-20-35(21-31)25(39)43-29(10,11)12/h13-21,30-31H2,1-12H3. The second kappa shape index (κ2) is 16.7. The van der Waals surface area contributed by atoms with Crippen LogP contribution in [-0.2, 0) is 18.9 Å². The number of nitrogens with two attached hydrogens (primary N) is 2. The van der Waals surface area contributed by atoms with Crippen LogP contribution in [0.2, 0.25) is 0 Å². The lowest BCUT2D eigenvalue weighted by Gasteiger charge is -2.33. The lowest BCUT2D eigenvalue weighted by atomic mass is 10.2. The summed E-state index contributed by atoms with van der Waals surface area (Å²) in [5.41, 5.74) is 8.54. The molecule has 0 atom stereocenters. The molecular weight excluding hydrogens is 560 g/mol. The van der Waals surface area contributed by atoms with Gasteiger partial charge in [-0.05, 0) is 83.1 Å². The van der Waals surface area contributed by atoms with Crippen LogP contribution in [0, 0.1) is 0 Å². The molecule has 0 aliphatic rings. The number of carbonyl (C=O) groups is 4. The van der Waals surface area contributed by atoms with Crippen LogP contribution in [0.15, 0.2) is 0 Å². The quantitative estimate of drug-likeness (QED) is 0.242. The summed E-state index contributed by atoms with van der Waals surface area (Å²) in [6.45, 7) is 21.7. The zero-order valence-electron chi connectivity index (χ0n) is 28.6. The van der Waals surface area contributed by atoms with Crippen LogP contribution >= 0.6 is 0 Å². The molecule has 0 aliphatic carbocycles. The summed E-state index contributed by atoms with van der Waals surface area (Å²) in [5, 5.41) is 0. The number of hydrogen-bond donors (Lipinski definition) is 2. The minimum atomic E-state index is -0.783. The van der Waals surface area contributed by atoms with Gasteiger partial charge in [0, 0.05) is 52.4 Å². The van der Waals surface area contributed by atoms with E-state index in [0.29, 0.717) is 0 Å². The average Bonchev–Trinajstić information content (AvgIpc) is 2.77. The predicted octanol–water partition coefficient (Wildman–Crippen LogP) is 3.81. The molecule has 0 aliphatic heterocycles. The molecule has 14 heteroatoms. The van der Waals surface area contributed by atoms with Gasteiger partial charge in [0.25, 0.3) is 0 Å². The average molecular weight is 619 g/mol. The van der Waals surface area contributed by atoms with E-state index in [1.54, 1.807) is 83.1 Å². The Morgan fingerprint density at radius 3 is 0.837 bits per heavy atom. The highest BCUT2D eigenvalue weighted by Gasteiger charge is 2.29. The first-order valence-electron chi connectivity index (χ1n) is 14.7. The Morgan fingerprint density at radius 1 is 0.419 bits per heavy atom. The van der Waals surface area contributed by atoms with E-state index in [1.165, 1.54) is 19.6 Å². The molecule has 252 valence electrons. The SMILES string of the molecule is CC(C)(C)OC(=O)N(CN)CCN(CCN(CCN(CCN)C(=O)OC(C)(C)C)C(=O)OC(C)(C)C)C(=O)OC(C)(C)C. The maximum Gasteiger partial charge on any atom is 0.411 e. The molecule has 0 heterocycles. The third-order valence-corrected chi connectivity index (χ3v) is 5.15. The minimum absolute atomic E-state index is 0.0458. The summed E-state index contributed by atoms with van der Waals surface area (Å²) >= 11 is 0. The van der Waals surface area contributed by atoms with Gasteiger partial charge in [-0.15, -0.1) is 0 Å². The van der Waals surface area contributed by atoms with Crippen molar-refractivity contribution in [2.24, 2.45) is 11.5 Å². The van der Waals surface area contributed by atoms with Crippen molar-refractivity contribution in [1.29, 1.82) is 0 Å². The number of carbonyl (C=O) groups excluding carboxylic acids is 4. The molecule has 0 rings (SSSR count). The van der Waals surface area contributed by atoms with Gasteiger partial charge in [0.1, 0.15) is 22.4 Å². The van der Waals surface area contributed by atoms with Gasteiger partial charge in [-0.2, -0.15) is 0 Å². The normalized spacial score (nSPS) is 12.2. The van der Waals surface area contributed by atoms with Gasteiger partial charge >= 0.3 is 24.4 Å². The Hall–Kier alpha value is -3.00. The molecular formula is C29H58N6O8. The van der Waals surface area contributed by atoms with E-state index in [9.17, 15) is 19.2 Å². The maximum absolute atomic E-state index is 13.2. The molecule has 0 radical (unpaired) electrons. The summed E-state index contributed by atoms with van der Waals surface area (Å²) in [5.74, 6) is 0. The number of rotatable bonds is 12. The smallest absolute Gasteiger partial charge is 0.411 e. The van der Waals surface area contributed by atoms with Crippen LogP contribution in [0.3, 0.4) is 0 Å². The minimum Gasteiger partial charge on any atom is -0.444 e. The lowest BCUT2D eigenvalue weighted by molar-refractivity contribution is 0.00574. The Morgan fingerprint density at radius 2 is 0.628 bits per heavy atom. The van der Waals surface area contributed by atoms with E-state index in [1.807, 2.05) is 0 Å². The second-order valence-corrected chi connectivity index (χ2v) is 14.1. The number of ether oxygens (including phenoxy) is 4. The highest BCUT2D eigenvalue weighted by atomic mass is 16.6. The summed E-state index contributed by atoms with van der Waals surface area (Å²) in [7, 11) is 0. The van der Waals surface area contributed by atoms with Gasteiger partial charge in [0.2, 0.25) is 0 Å². The molecule has 4 N–H and O–H groups in total. The van der Waals surface area contributed by atoms with Crippen molar-refractivity contribution < 1.29 is 38.1 Å². The molecule has 14 nitrogen and oxygen atoms in total. The first-order chi connectivity index (χ1) is 19.4. The zero-order valence-corrected chi connectivity index (χ0v) is 28.6. The lowest BCUT2D eigenvalue weighted by Crippen LogP contribution is -2.50. The van der Waals surface area contributed by atoms with Crippen LogP contribution in [0.5, 0.6) is 0 Å². The van der Waals surface area contributed by atoms with Crippen molar-refractivity contribution in [2.75, 3.05) is 59.0 Å². The van der Waals surface area contributed by atoms with Crippen molar-refractivity contribution in [2.45, 2.75) is 105 Å². The second-order valence-electron chi connectivity index (χ2n) is 14.1. The highest BCUT2D eigenvalue weighted by molar-refractivity contribution is 5.71. The number of amides is 4. The molecule has 0 aromatic carbocycles. The Kier molecular flexibility index (Phi) is 15.6. The highest BCUT2D eigenvalue weighted by Crippen LogP contribution is 2.15. The van der Waals surface area contributed by atoms with Gasteiger partial charge in [-0.25, -0.2) is 19.2 Å². The molecule has 4 amide bonds. The summed E-state index contributed by atoms with van der Waals surface area (Å²) in [4.78, 5) is 57.2. The van der Waals surface area contributed by atoms with Gasteiger partial charge in [0.05, 0.1) is 6.67 Å². The fraction of sp³-hybridized carbons (Fsp3) is 0.862. The summed E-state index contributed by atoms with van der Waals surface area (Å²) < 4.78 is 22.1. The van der Waals surface area contributed by atoms with Crippen LogP contribution in [-0.4, -0.2) is 125 Å². The Bertz CT molecular complexity index is 903. The summed E-state index contributed by atoms with van der Waals surface area (Å²) in [6.07, 6.45) is -2.42. The molecule has 0 saturated heterocycles. The summed E-state index contributed by atoms with van der Waals surface area (Å²) in [6, 6.07) is 0. The Labute approximate surface area is 258 Å². The third kappa shape index (κ3) is 19.0. The van der Waals surface area contributed by atoms with E-state index >= 15 is 0 Å². The molecule has 0 aromatic heterocycles.